The third-order valence-electron chi connectivity index (χ3n) is 6.76. The molecule has 2 fully saturated rings. The van der Waals surface area contributed by atoms with E-state index in [1.807, 2.05) is 30.3 Å². The van der Waals surface area contributed by atoms with Gasteiger partial charge in [-0.3, -0.25) is 4.90 Å². The monoisotopic (exact) mass is 399 g/mol. The van der Waals surface area contributed by atoms with Crippen LogP contribution >= 0.6 is 0 Å². The summed E-state index contributed by atoms with van der Waals surface area (Å²) in [5.41, 5.74) is 1.06. The summed E-state index contributed by atoms with van der Waals surface area (Å²) in [7, 11) is 3.30. The van der Waals surface area contributed by atoms with Crippen molar-refractivity contribution in [2.45, 2.75) is 50.3 Å². The summed E-state index contributed by atoms with van der Waals surface area (Å²) >= 11 is 0. The summed E-state index contributed by atoms with van der Waals surface area (Å²) in [4.78, 5) is 2.31. The van der Waals surface area contributed by atoms with Gasteiger partial charge in [-0.25, -0.2) is 4.39 Å². The summed E-state index contributed by atoms with van der Waals surface area (Å²) in [5, 5.41) is 11.5. The number of ether oxygens (including phenoxy) is 2. The third kappa shape index (κ3) is 3.86. The Bertz CT molecular complexity index is 858. The van der Waals surface area contributed by atoms with Gasteiger partial charge in [0, 0.05) is 42.2 Å². The number of benzene rings is 2. The van der Waals surface area contributed by atoms with Gasteiger partial charge in [0.2, 0.25) is 0 Å². The predicted molar refractivity (Wildman–Crippen MR) is 111 cm³/mol. The van der Waals surface area contributed by atoms with Crippen LogP contribution in [0.25, 0.3) is 0 Å². The highest BCUT2D eigenvalue weighted by Crippen LogP contribution is 2.51. The molecule has 2 aromatic carbocycles. The first-order valence-corrected chi connectivity index (χ1v) is 10.5. The number of piperidine rings is 1. The molecule has 0 amide bonds. The molecule has 1 saturated heterocycles. The molecule has 4 rings (SSSR count). The van der Waals surface area contributed by atoms with Crippen molar-refractivity contribution in [3.05, 3.63) is 59.4 Å². The standard InChI is InChI=1S/C24H30FNO3/c1-28-18-10-11-19(22(15-18)29-2)23-20-8-5-6-12-24(20,27)13-14-26(23)16-17-7-3-4-9-21(17)25/h3-4,7,9-11,15,20,23,27H,5-6,8,12-14,16H2,1-2H3. The molecule has 2 aliphatic rings. The predicted octanol–water partition coefficient (Wildman–Crippen LogP) is 4.71. The molecule has 0 spiro atoms. The van der Waals surface area contributed by atoms with Crippen LogP contribution in [0.2, 0.25) is 0 Å². The molecule has 1 aliphatic carbocycles. The third-order valence-corrected chi connectivity index (χ3v) is 6.76. The van der Waals surface area contributed by atoms with E-state index in [9.17, 15) is 9.50 Å². The number of nitrogens with zero attached hydrogens (tertiary/aromatic N) is 1. The van der Waals surface area contributed by atoms with Gasteiger partial charge in [-0.05, 0) is 31.4 Å². The molecule has 0 aromatic heterocycles. The molecule has 4 nitrogen and oxygen atoms in total. The van der Waals surface area contributed by atoms with E-state index in [1.54, 1.807) is 20.3 Å². The van der Waals surface area contributed by atoms with Crippen LogP contribution in [0, 0.1) is 11.7 Å². The largest absolute Gasteiger partial charge is 0.497 e. The van der Waals surface area contributed by atoms with Gasteiger partial charge in [0.05, 0.1) is 19.8 Å². The molecule has 1 heterocycles. The average molecular weight is 400 g/mol. The SMILES string of the molecule is COc1ccc(C2C3CCCCC3(O)CCN2Cc2ccccc2F)c(OC)c1. The van der Waals surface area contributed by atoms with Gasteiger partial charge in [0.25, 0.3) is 0 Å². The molecular weight excluding hydrogens is 369 g/mol. The second kappa shape index (κ2) is 8.33. The van der Waals surface area contributed by atoms with Gasteiger partial charge in [-0.15, -0.1) is 0 Å². The van der Waals surface area contributed by atoms with E-state index in [2.05, 4.69) is 4.90 Å². The molecule has 2 aromatic rings. The first-order valence-electron chi connectivity index (χ1n) is 10.5. The van der Waals surface area contributed by atoms with Gasteiger partial charge >= 0.3 is 0 Å². The van der Waals surface area contributed by atoms with E-state index in [4.69, 9.17) is 9.47 Å². The fourth-order valence-electron chi connectivity index (χ4n) is 5.24. The smallest absolute Gasteiger partial charge is 0.127 e. The quantitative estimate of drug-likeness (QED) is 0.791. The molecule has 3 atom stereocenters. The first kappa shape index (κ1) is 20.2. The molecule has 5 heteroatoms. The van der Waals surface area contributed by atoms with Crippen molar-refractivity contribution >= 4 is 0 Å². The minimum Gasteiger partial charge on any atom is -0.497 e. The van der Waals surface area contributed by atoms with E-state index in [0.717, 1.165) is 55.7 Å². The van der Waals surface area contributed by atoms with Gasteiger partial charge in [-0.1, -0.05) is 37.1 Å². The maximum Gasteiger partial charge on any atom is 0.127 e. The number of rotatable bonds is 5. The highest BCUT2D eigenvalue weighted by molar-refractivity contribution is 5.43. The van der Waals surface area contributed by atoms with E-state index in [-0.39, 0.29) is 17.8 Å². The number of hydrogen-bond donors (Lipinski definition) is 1. The van der Waals surface area contributed by atoms with Crippen molar-refractivity contribution in [3.63, 3.8) is 0 Å². The molecule has 0 radical (unpaired) electrons. The van der Waals surface area contributed by atoms with Gasteiger partial charge in [-0.2, -0.15) is 0 Å². The Kier molecular flexibility index (Phi) is 5.79. The van der Waals surface area contributed by atoms with Crippen LogP contribution in [-0.2, 0) is 6.54 Å². The van der Waals surface area contributed by atoms with Crippen LogP contribution in [-0.4, -0.2) is 36.4 Å². The average Bonchev–Trinajstić information content (AvgIpc) is 2.75. The summed E-state index contributed by atoms with van der Waals surface area (Å²) in [6, 6.07) is 12.8. The van der Waals surface area contributed by atoms with Gasteiger partial charge < -0.3 is 14.6 Å². The normalized spacial score (nSPS) is 27.3. The highest BCUT2D eigenvalue weighted by atomic mass is 19.1. The van der Waals surface area contributed by atoms with Crippen molar-refractivity contribution in [2.75, 3.05) is 20.8 Å². The van der Waals surface area contributed by atoms with Gasteiger partial charge in [0.1, 0.15) is 17.3 Å². The minimum atomic E-state index is -0.667. The summed E-state index contributed by atoms with van der Waals surface area (Å²) < 4.78 is 25.5. The molecular formula is C24H30FNO3. The zero-order valence-corrected chi connectivity index (χ0v) is 17.2. The summed E-state index contributed by atoms with van der Waals surface area (Å²) in [6.45, 7) is 1.24. The second-order valence-corrected chi connectivity index (χ2v) is 8.32. The summed E-state index contributed by atoms with van der Waals surface area (Å²) in [6.07, 6.45) is 4.69. The molecule has 1 N–H and O–H groups in total. The van der Waals surface area contributed by atoms with Crippen LogP contribution in [0.4, 0.5) is 4.39 Å². The zero-order chi connectivity index (χ0) is 20.4. The van der Waals surface area contributed by atoms with Crippen molar-refractivity contribution in [1.29, 1.82) is 0 Å². The maximum atomic E-state index is 14.4. The fourth-order valence-corrected chi connectivity index (χ4v) is 5.24. The van der Waals surface area contributed by atoms with E-state index >= 15 is 0 Å². The lowest BCUT2D eigenvalue weighted by atomic mass is 9.66. The Hall–Kier alpha value is -2.11. The fraction of sp³-hybridized carbons (Fsp3) is 0.500. The van der Waals surface area contributed by atoms with Crippen molar-refractivity contribution in [2.24, 2.45) is 5.92 Å². The minimum absolute atomic E-state index is 0.0329. The number of hydrogen-bond acceptors (Lipinski definition) is 4. The Morgan fingerprint density at radius 2 is 1.93 bits per heavy atom. The Labute approximate surface area is 172 Å². The second-order valence-electron chi connectivity index (χ2n) is 8.32. The molecule has 156 valence electrons. The molecule has 1 aliphatic heterocycles. The lowest BCUT2D eigenvalue weighted by Gasteiger charge is -2.53. The number of likely N-dealkylation sites (tertiary alicyclic amines) is 1. The van der Waals surface area contributed by atoms with Gasteiger partial charge in [0.15, 0.2) is 0 Å². The van der Waals surface area contributed by atoms with E-state index in [0.29, 0.717) is 12.1 Å². The number of fused-ring (bicyclic) bond motifs is 1. The topological polar surface area (TPSA) is 41.9 Å². The lowest BCUT2D eigenvalue weighted by molar-refractivity contribution is -0.126. The molecule has 1 saturated carbocycles. The van der Waals surface area contributed by atoms with Crippen LogP contribution in [0.15, 0.2) is 42.5 Å². The Morgan fingerprint density at radius 1 is 1.10 bits per heavy atom. The highest BCUT2D eigenvalue weighted by Gasteiger charge is 2.49. The van der Waals surface area contributed by atoms with Crippen LogP contribution < -0.4 is 9.47 Å². The van der Waals surface area contributed by atoms with Crippen molar-refractivity contribution in [1.82, 2.24) is 4.90 Å². The van der Waals surface area contributed by atoms with Crippen LogP contribution in [0.5, 0.6) is 11.5 Å². The van der Waals surface area contributed by atoms with E-state index in [1.165, 1.54) is 6.07 Å². The van der Waals surface area contributed by atoms with Crippen molar-refractivity contribution in [3.8, 4) is 11.5 Å². The maximum absolute atomic E-state index is 14.4. The number of halogens is 1. The Balaban J connectivity index is 1.76. The lowest BCUT2D eigenvalue weighted by Crippen LogP contribution is -2.54. The number of aliphatic hydroxyl groups is 1. The van der Waals surface area contributed by atoms with Crippen molar-refractivity contribution < 1.29 is 19.0 Å². The van der Waals surface area contributed by atoms with Crippen LogP contribution in [0.3, 0.4) is 0 Å². The molecule has 0 bridgehead atoms. The summed E-state index contributed by atoms with van der Waals surface area (Å²) in [5.74, 6) is 1.40. The first-order chi connectivity index (χ1) is 14.1. The number of methoxy groups -OCH3 is 2. The molecule has 3 unspecified atom stereocenters. The van der Waals surface area contributed by atoms with Crippen LogP contribution in [0.1, 0.15) is 49.3 Å². The molecule has 29 heavy (non-hydrogen) atoms. The van der Waals surface area contributed by atoms with E-state index < -0.39 is 5.60 Å². The Morgan fingerprint density at radius 3 is 2.69 bits per heavy atom. The zero-order valence-electron chi connectivity index (χ0n) is 17.2.